The fraction of sp³-hybridized carbons (Fsp3) is 0.200. The first-order chi connectivity index (χ1) is 14.0. The number of hydrogen-bond donors (Lipinski definition) is 3. The van der Waals surface area contributed by atoms with Gasteiger partial charge in [0.2, 0.25) is 11.8 Å². The van der Waals surface area contributed by atoms with Crippen LogP contribution < -0.4 is 16.1 Å². The largest absolute Gasteiger partial charge is 0.416 e. The van der Waals surface area contributed by atoms with Crippen LogP contribution in [0, 0.1) is 0 Å². The summed E-state index contributed by atoms with van der Waals surface area (Å²) in [6.07, 6.45) is -4.74. The van der Waals surface area contributed by atoms with Crippen LogP contribution in [-0.4, -0.2) is 23.4 Å². The zero-order chi connectivity index (χ0) is 22.3. The molecule has 0 aliphatic rings. The number of alkyl halides is 3. The molecule has 3 N–H and O–H groups in total. The number of hydrazone groups is 1. The van der Waals surface area contributed by atoms with Crippen LogP contribution in [0.25, 0.3) is 0 Å². The summed E-state index contributed by atoms with van der Waals surface area (Å²) < 4.78 is 38.2. The van der Waals surface area contributed by atoms with E-state index in [2.05, 4.69) is 21.2 Å². The van der Waals surface area contributed by atoms with Gasteiger partial charge in [-0.3, -0.25) is 14.4 Å². The third kappa shape index (κ3) is 7.04. The van der Waals surface area contributed by atoms with E-state index in [9.17, 15) is 27.6 Å². The Morgan fingerprint density at radius 3 is 2.20 bits per heavy atom. The number of rotatable bonds is 6. The standard InChI is InChI=1S/C20H19F3N4O3/c1-12(10-18(29)25-17-5-3-4-15(11-17)20(21,22)23)26-27-19(30)14-6-8-16(9-7-14)24-13(2)28/h3-9,11H,10H2,1-2H3,(H,24,28)(H,25,29)(H,27,30). The molecule has 0 spiro atoms. The summed E-state index contributed by atoms with van der Waals surface area (Å²) in [6, 6.07) is 10.3. The molecule has 0 saturated carbocycles. The van der Waals surface area contributed by atoms with Crippen LogP contribution in [0.4, 0.5) is 24.5 Å². The molecule has 0 atom stereocenters. The van der Waals surface area contributed by atoms with E-state index in [0.717, 1.165) is 12.1 Å². The summed E-state index contributed by atoms with van der Waals surface area (Å²) in [5.41, 5.74) is 2.49. The van der Waals surface area contributed by atoms with E-state index in [0.29, 0.717) is 5.69 Å². The first kappa shape index (κ1) is 22.6. The van der Waals surface area contributed by atoms with Crippen molar-refractivity contribution < 1.29 is 27.6 Å². The number of benzene rings is 2. The Labute approximate surface area is 170 Å². The van der Waals surface area contributed by atoms with E-state index < -0.39 is 23.6 Å². The molecule has 2 rings (SSSR count). The number of hydrogen-bond acceptors (Lipinski definition) is 4. The van der Waals surface area contributed by atoms with Gasteiger partial charge in [0, 0.05) is 29.6 Å². The zero-order valence-corrected chi connectivity index (χ0v) is 16.1. The molecule has 10 heteroatoms. The van der Waals surface area contributed by atoms with Crippen LogP contribution in [0.1, 0.15) is 36.2 Å². The predicted molar refractivity (Wildman–Crippen MR) is 106 cm³/mol. The minimum absolute atomic E-state index is 0.00548. The van der Waals surface area contributed by atoms with Crippen molar-refractivity contribution in [3.8, 4) is 0 Å². The fourth-order valence-electron chi connectivity index (χ4n) is 2.37. The summed E-state index contributed by atoms with van der Waals surface area (Å²) in [4.78, 5) is 35.1. The first-order valence-electron chi connectivity index (χ1n) is 8.73. The Balaban J connectivity index is 1.91. The Hall–Kier alpha value is -3.69. The molecule has 0 saturated heterocycles. The molecule has 0 aliphatic carbocycles. The van der Waals surface area contributed by atoms with Gasteiger partial charge in [0.15, 0.2) is 0 Å². The van der Waals surface area contributed by atoms with Gasteiger partial charge in [0.25, 0.3) is 5.91 Å². The molecular weight excluding hydrogens is 401 g/mol. The molecule has 0 fully saturated rings. The number of carbonyl (C=O) groups excluding carboxylic acids is 3. The first-order valence-corrected chi connectivity index (χ1v) is 8.73. The smallest absolute Gasteiger partial charge is 0.326 e. The zero-order valence-electron chi connectivity index (χ0n) is 16.1. The molecule has 158 valence electrons. The number of carbonyl (C=O) groups is 3. The Morgan fingerprint density at radius 1 is 0.933 bits per heavy atom. The molecule has 0 heterocycles. The van der Waals surface area contributed by atoms with Crippen LogP contribution in [0.2, 0.25) is 0 Å². The topological polar surface area (TPSA) is 99.7 Å². The maximum Gasteiger partial charge on any atom is 0.416 e. The van der Waals surface area contributed by atoms with E-state index in [1.54, 1.807) is 12.1 Å². The SMILES string of the molecule is CC(=O)Nc1ccc(C(=O)NN=C(C)CC(=O)Nc2cccc(C(F)(F)F)c2)cc1. The van der Waals surface area contributed by atoms with Gasteiger partial charge in [-0.1, -0.05) is 6.07 Å². The maximum atomic E-state index is 12.7. The fourth-order valence-corrected chi connectivity index (χ4v) is 2.37. The average molecular weight is 420 g/mol. The van der Waals surface area contributed by atoms with Crippen LogP contribution in [0.3, 0.4) is 0 Å². The summed E-state index contributed by atoms with van der Waals surface area (Å²) in [5, 5.41) is 8.74. The molecule has 0 unspecified atom stereocenters. The highest BCUT2D eigenvalue weighted by Gasteiger charge is 2.30. The molecule has 0 aliphatic heterocycles. The van der Waals surface area contributed by atoms with Crippen LogP contribution in [0.15, 0.2) is 53.6 Å². The van der Waals surface area contributed by atoms with E-state index in [1.165, 1.54) is 38.1 Å². The molecule has 0 bridgehead atoms. The summed E-state index contributed by atoms with van der Waals surface area (Å²) in [7, 11) is 0. The van der Waals surface area contributed by atoms with Crippen molar-refractivity contribution in [2.75, 3.05) is 10.6 Å². The van der Waals surface area contributed by atoms with E-state index in [4.69, 9.17) is 0 Å². The van der Waals surface area contributed by atoms with Crippen molar-refractivity contribution in [1.29, 1.82) is 0 Å². The third-order valence-corrected chi connectivity index (χ3v) is 3.71. The van der Waals surface area contributed by atoms with Crippen LogP contribution in [0.5, 0.6) is 0 Å². The van der Waals surface area contributed by atoms with E-state index in [1.807, 2.05) is 0 Å². The molecule has 0 aromatic heterocycles. The van der Waals surface area contributed by atoms with Crippen LogP contribution >= 0.6 is 0 Å². The molecule has 7 nitrogen and oxygen atoms in total. The lowest BCUT2D eigenvalue weighted by atomic mass is 10.2. The number of halogens is 3. The van der Waals surface area contributed by atoms with Crippen molar-refractivity contribution in [1.82, 2.24) is 5.43 Å². The van der Waals surface area contributed by atoms with Gasteiger partial charge in [0.05, 0.1) is 12.0 Å². The Morgan fingerprint density at radius 2 is 1.60 bits per heavy atom. The van der Waals surface area contributed by atoms with Crippen molar-refractivity contribution >= 4 is 34.8 Å². The molecule has 2 aromatic carbocycles. The van der Waals surface area contributed by atoms with Crippen molar-refractivity contribution in [2.45, 2.75) is 26.4 Å². The highest BCUT2D eigenvalue weighted by Crippen LogP contribution is 2.30. The summed E-state index contributed by atoms with van der Waals surface area (Å²) >= 11 is 0. The van der Waals surface area contributed by atoms with Gasteiger partial charge >= 0.3 is 6.18 Å². The lowest BCUT2D eigenvalue weighted by Crippen LogP contribution is -2.21. The van der Waals surface area contributed by atoms with E-state index in [-0.39, 0.29) is 29.3 Å². The highest BCUT2D eigenvalue weighted by molar-refractivity contribution is 6.06. The molecule has 0 radical (unpaired) electrons. The van der Waals surface area contributed by atoms with Gasteiger partial charge in [-0.15, -0.1) is 0 Å². The van der Waals surface area contributed by atoms with E-state index >= 15 is 0 Å². The monoisotopic (exact) mass is 420 g/mol. The number of amides is 3. The summed E-state index contributed by atoms with van der Waals surface area (Å²) in [5.74, 6) is -1.35. The Bertz CT molecular complexity index is 970. The van der Waals surface area contributed by atoms with Crippen molar-refractivity contribution in [3.63, 3.8) is 0 Å². The summed E-state index contributed by atoms with van der Waals surface area (Å²) in [6.45, 7) is 2.85. The van der Waals surface area contributed by atoms with Gasteiger partial charge in [0.1, 0.15) is 0 Å². The quantitative estimate of drug-likeness (QED) is 0.490. The third-order valence-electron chi connectivity index (χ3n) is 3.71. The van der Waals surface area contributed by atoms with Gasteiger partial charge in [-0.2, -0.15) is 18.3 Å². The molecule has 2 aromatic rings. The number of nitrogens with one attached hydrogen (secondary N) is 3. The average Bonchev–Trinajstić information content (AvgIpc) is 2.65. The van der Waals surface area contributed by atoms with Crippen LogP contribution in [-0.2, 0) is 15.8 Å². The molecule has 3 amide bonds. The predicted octanol–water partition coefficient (Wildman–Crippen LogP) is 3.80. The molecular formula is C20H19F3N4O3. The minimum atomic E-state index is -4.51. The molecule has 30 heavy (non-hydrogen) atoms. The lowest BCUT2D eigenvalue weighted by molar-refractivity contribution is -0.137. The Kier molecular flexibility index (Phi) is 7.29. The van der Waals surface area contributed by atoms with Gasteiger partial charge in [-0.25, -0.2) is 5.43 Å². The number of anilines is 2. The highest BCUT2D eigenvalue weighted by atomic mass is 19.4. The maximum absolute atomic E-state index is 12.7. The van der Waals surface area contributed by atoms with Gasteiger partial charge in [-0.05, 0) is 49.4 Å². The second-order valence-corrected chi connectivity index (χ2v) is 6.35. The minimum Gasteiger partial charge on any atom is -0.326 e. The van der Waals surface area contributed by atoms with Gasteiger partial charge < -0.3 is 10.6 Å². The number of nitrogens with zero attached hydrogens (tertiary/aromatic N) is 1. The van der Waals surface area contributed by atoms with Crippen molar-refractivity contribution in [3.05, 3.63) is 59.7 Å². The second-order valence-electron chi connectivity index (χ2n) is 6.35. The normalized spacial score (nSPS) is 11.6. The lowest BCUT2D eigenvalue weighted by Gasteiger charge is -2.10. The second kappa shape index (κ2) is 9.68. The van der Waals surface area contributed by atoms with Crippen molar-refractivity contribution in [2.24, 2.45) is 5.10 Å².